The van der Waals surface area contributed by atoms with Crippen molar-refractivity contribution in [2.45, 2.75) is 13.8 Å². The fourth-order valence-corrected chi connectivity index (χ4v) is 2.43. The van der Waals surface area contributed by atoms with E-state index >= 15 is 0 Å². The zero-order chi connectivity index (χ0) is 15.6. The van der Waals surface area contributed by atoms with Crippen LogP contribution in [0.5, 0.6) is 0 Å². The Bertz CT molecular complexity index is 738. The summed E-state index contributed by atoms with van der Waals surface area (Å²) < 4.78 is 7.75. The summed E-state index contributed by atoms with van der Waals surface area (Å²) in [6.07, 6.45) is 0. The van der Waals surface area contributed by atoms with E-state index in [1.165, 1.54) is 6.07 Å². The Morgan fingerprint density at radius 2 is 1.86 bits per heavy atom. The molecule has 0 fully saturated rings. The molecule has 0 aliphatic carbocycles. The SMILES string of the molecule is CCOC(=O)c1c(C)n(C)c(-c2ccc(Br)cc2)cc1=O.Cl. The van der Waals surface area contributed by atoms with Crippen LogP contribution in [0.4, 0.5) is 0 Å². The third-order valence-electron chi connectivity index (χ3n) is 3.36. The van der Waals surface area contributed by atoms with Crippen molar-refractivity contribution in [2.24, 2.45) is 7.05 Å². The second kappa shape index (κ2) is 7.61. The molecule has 0 spiro atoms. The van der Waals surface area contributed by atoms with E-state index in [1.54, 1.807) is 13.8 Å². The molecule has 0 N–H and O–H groups in total. The number of halogens is 2. The Hall–Kier alpha value is -1.59. The summed E-state index contributed by atoms with van der Waals surface area (Å²) in [5.74, 6) is -0.571. The van der Waals surface area contributed by atoms with E-state index in [0.717, 1.165) is 15.7 Å². The van der Waals surface area contributed by atoms with E-state index in [0.29, 0.717) is 5.69 Å². The first-order valence-electron chi connectivity index (χ1n) is 6.59. The number of aromatic nitrogens is 1. The standard InChI is InChI=1S/C16H16BrNO3.ClH/c1-4-21-16(20)15-10(2)18(3)13(9-14(15)19)11-5-7-12(17)8-6-11;/h5-9H,4H2,1-3H3;1H. The van der Waals surface area contributed by atoms with E-state index in [1.807, 2.05) is 35.9 Å². The van der Waals surface area contributed by atoms with Crippen molar-refractivity contribution in [2.75, 3.05) is 6.61 Å². The molecule has 2 rings (SSSR count). The van der Waals surface area contributed by atoms with Crippen LogP contribution >= 0.6 is 28.3 Å². The van der Waals surface area contributed by atoms with E-state index in [-0.39, 0.29) is 30.0 Å². The molecule has 118 valence electrons. The van der Waals surface area contributed by atoms with Gasteiger partial charge >= 0.3 is 5.97 Å². The fourth-order valence-electron chi connectivity index (χ4n) is 2.17. The van der Waals surface area contributed by atoms with Gasteiger partial charge in [-0.3, -0.25) is 4.79 Å². The van der Waals surface area contributed by atoms with Crippen LogP contribution in [0.2, 0.25) is 0 Å². The van der Waals surface area contributed by atoms with Crippen LogP contribution < -0.4 is 5.43 Å². The molecule has 0 saturated carbocycles. The molecular weight excluding hydrogens is 370 g/mol. The highest BCUT2D eigenvalue weighted by molar-refractivity contribution is 9.10. The van der Waals surface area contributed by atoms with E-state index < -0.39 is 5.97 Å². The number of carbonyl (C=O) groups is 1. The van der Waals surface area contributed by atoms with Crippen LogP contribution in [0.1, 0.15) is 23.0 Å². The van der Waals surface area contributed by atoms with Gasteiger partial charge in [-0.2, -0.15) is 0 Å². The van der Waals surface area contributed by atoms with Crippen LogP contribution in [0.25, 0.3) is 11.3 Å². The van der Waals surface area contributed by atoms with Gasteiger partial charge in [-0.25, -0.2) is 4.79 Å². The largest absolute Gasteiger partial charge is 0.462 e. The molecule has 0 atom stereocenters. The minimum absolute atomic E-state index is 0. The summed E-state index contributed by atoms with van der Waals surface area (Å²) >= 11 is 3.38. The number of pyridine rings is 1. The summed E-state index contributed by atoms with van der Waals surface area (Å²) in [6, 6.07) is 9.13. The molecule has 22 heavy (non-hydrogen) atoms. The molecule has 0 saturated heterocycles. The van der Waals surface area contributed by atoms with Crippen molar-refractivity contribution >= 4 is 34.3 Å². The molecule has 1 aromatic carbocycles. The highest BCUT2D eigenvalue weighted by Gasteiger charge is 2.18. The minimum Gasteiger partial charge on any atom is -0.462 e. The lowest BCUT2D eigenvalue weighted by atomic mass is 10.1. The van der Waals surface area contributed by atoms with Gasteiger partial charge in [0.25, 0.3) is 0 Å². The molecule has 6 heteroatoms. The predicted molar refractivity (Wildman–Crippen MR) is 92.8 cm³/mol. The van der Waals surface area contributed by atoms with Crippen molar-refractivity contribution in [3.63, 3.8) is 0 Å². The maximum atomic E-state index is 12.2. The van der Waals surface area contributed by atoms with Gasteiger partial charge in [-0.15, -0.1) is 12.4 Å². The van der Waals surface area contributed by atoms with E-state index in [4.69, 9.17) is 4.74 Å². The Kier molecular flexibility index (Phi) is 6.38. The number of hydrogen-bond donors (Lipinski definition) is 0. The number of benzene rings is 1. The van der Waals surface area contributed by atoms with Gasteiger partial charge in [0.1, 0.15) is 5.56 Å². The molecule has 0 aliphatic heterocycles. The molecule has 0 unspecified atom stereocenters. The normalized spacial score (nSPS) is 10.0. The number of esters is 1. The van der Waals surface area contributed by atoms with Crippen molar-refractivity contribution < 1.29 is 9.53 Å². The van der Waals surface area contributed by atoms with Crippen molar-refractivity contribution in [3.8, 4) is 11.3 Å². The maximum Gasteiger partial charge on any atom is 0.343 e. The molecule has 0 aliphatic rings. The Balaban J connectivity index is 0.00000242. The third kappa shape index (κ3) is 3.59. The average Bonchev–Trinajstić information content (AvgIpc) is 2.44. The molecule has 0 amide bonds. The van der Waals surface area contributed by atoms with E-state index in [2.05, 4.69) is 15.9 Å². The van der Waals surface area contributed by atoms with Crippen LogP contribution in [-0.4, -0.2) is 17.1 Å². The summed E-state index contributed by atoms with van der Waals surface area (Å²) in [5, 5.41) is 0. The summed E-state index contributed by atoms with van der Waals surface area (Å²) in [7, 11) is 1.83. The molecule has 0 radical (unpaired) electrons. The summed E-state index contributed by atoms with van der Waals surface area (Å²) in [6.45, 7) is 3.71. The van der Waals surface area contributed by atoms with Crippen molar-refractivity contribution in [1.29, 1.82) is 0 Å². The fraction of sp³-hybridized carbons (Fsp3) is 0.250. The quantitative estimate of drug-likeness (QED) is 0.755. The van der Waals surface area contributed by atoms with Gasteiger partial charge in [0, 0.05) is 23.3 Å². The smallest absolute Gasteiger partial charge is 0.343 e. The Morgan fingerprint density at radius 1 is 1.27 bits per heavy atom. The molecular formula is C16H17BrClNO3. The number of nitrogens with zero attached hydrogens (tertiary/aromatic N) is 1. The maximum absolute atomic E-state index is 12.2. The summed E-state index contributed by atoms with van der Waals surface area (Å²) in [4.78, 5) is 24.1. The Morgan fingerprint density at radius 3 is 2.41 bits per heavy atom. The van der Waals surface area contributed by atoms with Crippen molar-refractivity contribution in [3.05, 3.63) is 56.3 Å². The average molecular weight is 387 g/mol. The molecule has 4 nitrogen and oxygen atoms in total. The van der Waals surface area contributed by atoms with E-state index in [9.17, 15) is 9.59 Å². The molecule has 1 aromatic heterocycles. The first-order chi connectivity index (χ1) is 9.95. The van der Waals surface area contributed by atoms with Gasteiger partial charge in [0.15, 0.2) is 5.43 Å². The Labute approximate surface area is 143 Å². The second-order valence-electron chi connectivity index (χ2n) is 4.64. The lowest BCUT2D eigenvalue weighted by molar-refractivity contribution is 0.0523. The molecule has 0 bridgehead atoms. The van der Waals surface area contributed by atoms with Gasteiger partial charge in [-0.1, -0.05) is 28.1 Å². The van der Waals surface area contributed by atoms with Crippen LogP contribution in [0.3, 0.4) is 0 Å². The highest BCUT2D eigenvalue weighted by Crippen LogP contribution is 2.22. The molecule has 1 heterocycles. The van der Waals surface area contributed by atoms with Crippen LogP contribution in [-0.2, 0) is 11.8 Å². The topological polar surface area (TPSA) is 48.3 Å². The van der Waals surface area contributed by atoms with Gasteiger partial charge in [0.2, 0.25) is 0 Å². The van der Waals surface area contributed by atoms with Gasteiger partial charge < -0.3 is 9.30 Å². The zero-order valence-corrected chi connectivity index (χ0v) is 15.0. The van der Waals surface area contributed by atoms with Crippen molar-refractivity contribution in [1.82, 2.24) is 4.57 Å². The lowest BCUT2D eigenvalue weighted by Gasteiger charge is -2.15. The molecule has 2 aromatic rings. The number of ether oxygens (including phenoxy) is 1. The highest BCUT2D eigenvalue weighted by atomic mass is 79.9. The number of hydrogen-bond acceptors (Lipinski definition) is 3. The first kappa shape index (κ1) is 18.5. The monoisotopic (exact) mass is 385 g/mol. The summed E-state index contributed by atoms with van der Waals surface area (Å²) in [5.41, 5.74) is 2.05. The van der Waals surface area contributed by atoms with Gasteiger partial charge in [-0.05, 0) is 31.5 Å². The predicted octanol–water partition coefficient (Wildman–Crippen LogP) is 3.72. The zero-order valence-electron chi connectivity index (χ0n) is 12.6. The second-order valence-corrected chi connectivity index (χ2v) is 5.56. The van der Waals surface area contributed by atoms with Crippen LogP contribution in [0, 0.1) is 6.92 Å². The van der Waals surface area contributed by atoms with Crippen LogP contribution in [0.15, 0.2) is 39.6 Å². The number of carbonyl (C=O) groups excluding carboxylic acids is 1. The third-order valence-corrected chi connectivity index (χ3v) is 3.89. The minimum atomic E-state index is -0.571. The van der Waals surface area contributed by atoms with Gasteiger partial charge in [0.05, 0.1) is 12.3 Å². The lowest BCUT2D eigenvalue weighted by Crippen LogP contribution is -2.23. The first-order valence-corrected chi connectivity index (χ1v) is 7.38. The number of rotatable bonds is 3.